The maximum atomic E-state index is 5.27. The number of rotatable bonds is 4. The first-order chi connectivity index (χ1) is 9.99. The van der Waals surface area contributed by atoms with E-state index in [1.165, 1.54) is 0 Å². The van der Waals surface area contributed by atoms with Gasteiger partial charge in [-0.3, -0.25) is 4.99 Å². The third kappa shape index (κ3) is 4.56. The SMILES string of the molecule is CN=C(NCc1ccco1)NCc1nnc(C(C)(C)C)s1. The van der Waals surface area contributed by atoms with Crippen LogP contribution in [0.5, 0.6) is 0 Å². The van der Waals surface area contributed by atoms with Crippen LogP contribution < -0.4 is 10.6 Å². The number of aromatic nitrogens is 2. The van der Waals surface area contributed by atoms with E-state index in [0.29, 0.717) is 19.0 Å². The minimum atomic E-state index is 0.0368. The lowest BCUT2D eigenvalue weighted by Gasteiger charge is -2.12. The molecular weight excluding hydrogens is 286 g/mol. The van der Waals surface area contributed by atoms with Crippen molar-refractivity contribution < 1.29 is 4.42 Å². The van der Waals surface area contributed by atoms with Gasteiger partial charge in [-0.25, -0.2) is 0 Å². The number of furan rings is 1. The summed E-state index contributed by atoms with van der Waals surface area (Å²) in [5.74, 6) is 1.57. The maximum Gasteiger partial charge on any atom is 0.191 e. The molecule has 0 aliphatic heterocycles. The molecule has 2 rings (SSSR count). The van der Waals surface area contributed by atoms with Crippen molar-refractivity contribution in [2.75, 3.05) is 7.05 Å². The summed E-state index contributed by atoms with van der Waals surface area (Å²) in [6, 6.07) is 3.78. The van der Waals surface area contributed by atoms with Gasteiger partial charge >= 0.3 is 0 Å². The first-order valence-corrected chi connectivity index (χ1v) is 7.60. The molecule has 0 saturated heterocycles. The smallest absolute Gasteiger partial charge is 0.191 e. The molecule has 6 nitrogen and oxygen atoms in total. The van der Waals surface area contributed by atoms with Crippen LogP contribution in [0.2, 0.25) is 0 Å². The van der Waals surface area contributed by atoms with E-state index in [2.05, 4.69) is 46.6 Å². The molecule has 0 bridgehead atoms. The Morgan fingerprint density at radius 1 is 1.29 bits per heavy atom. The summed E-state index contributed by atoms with van der Waals surface area (Å²) in [6.07, 6.45) is 1.66. The van der Waals surface area contributed by atoms with E-state index in [4.69, 9.17) is 4.42 Å². The Morgan fingerprint density at radius 2 is 2.05 bits per heavy atom. The van der Waals surface area contributed by atoms with Crippen LogP contribution in [0.4, 0.5) is 0 Å². The van der Waals surface area contributed by atoms with Gasteiger partial charge in [-0.2, -0.15) is 0 Å². The summed E-state index contributed by atoms with van der Waals surface area (Å²) in [5.41, 5.74) is 0.0368. The summed E-state index contributed by atoms with van der Waals surface area (Å²) < 4.78 is 5.27. The van der Waals surface area contributed by atoms with Crippen LogP contribution >= 0.6 is 11.3 Å². The number of hydrogen-bond acceptors (Lipinski definition) is 5. The quantitative estimate of drug-likeness (QED) is 0.669. The molecule has 0 aliphatic carbocycles. The molecule has 0 radical (unpaired) electrons. The Kier molecular flexibility index (Phi) is 4.95. The zero-order chi connectivity index (χ0) is 15.3. The molecule has 114 valence electrons. The van der Waals surface area contributed by atoms with Crippen LogP contribution in [-0.4, -0.2) is 23.2 Å². The summed E-state index contributed by atoms with van der Waals surface area (Å²) in [5, 5.41) is 16.8. The predicted molar refractivity (Wildman–Crippen MR) is 84.4 cm³/mol. The molecule has 0 amide bonds. The molecule has 0 fully saturated rings. The minimum Gasteiger partial charge on any atom is -0.467 e. The lowest BCUT2D eigenvalue weighted by Crippen LogP contribution is -2.36. The van der Waals surface area contributed by atoms with E-state index in [-0.39, 0.29) is 5.41 Å². The molecule has 0 saturated carbocycles. The van der Waals surface area contributed by atoms with Crippen LogP contribution in [0.1, 0.15) is 36.5 Å². The van der Waals surface area contributed by atoms with E-state index in [1.807, 2.05) is 12.1 Å². The van der Waals surface area contributed by atoms with Gasteiger partial charge in [0.05, 0.1) is 19.4 Å². The molecule has 0 unspecified atom stereocenters. The molecule has 0 aliphatic rings. The second kappa shape index (κ2) is 6.71. The van der Waals surface area contributed by atoms with E-state index in [9.17, 15) is 0 Å². The Hall–Kier alpha value is -1.89. The average molecular weight is 307 g/mol. The van der Waals surface area contributed by atoms with E-state index < -0.39 is 0 Å². The fraction of sp³-hybridized carbons (Fsp3) is 0.500. The van der Waals surface area contributed by atoms with Gasteiger partial charge in [-0.15, -0.1) is 10.2 Å². The first kappa shape index (κ1) is 15.5. The number of nitrogens with zero attached hydrogens (tertiary/aromatic N) is 3. The topological polar surface area (TPSA) is 75.3 Å². The van der Waals surface area contributed by atoms with Crippen molar-refractivity contribution in [1.82, 2.24) is 20.8 Å². The molecule has 2 aromatic rings. The highest BCUT2D eigenvalue weighted by molar-refractivity contribution is 7.11. The molecular formula is C14H21N5OS. The standard InChI is InChI=1S/C14H21N5OS/c1-14(2,3)12-19-18-11(21-12)9-17-13(15-4)16-8-10-6-5-7-20-10/h5-7H,8-9H2,1-4H3,(H2,15,16,17). The summed E-state index contributed by atoms with van der Waals surface area (Å²) in [7, 11) is 1.73. The van der Waals surface area contributed by atoms with E-state index >= 15 is 0 Å². The van der Waals surface area contributed by atoms with Crippen LogP contribution in [0.15, 0.2) is 27.8 Å². The lowest BCUT2D eigenvalue weighted by atomic mass is 9.98. The van der Waals surface area contributed by atoms with E-state index in [1.54, 1.807) is 24.6 Å². The third-order valence-corrected chi connectivity index (χ3v) is 4.10. The molecule has 0 atom stereocenters. The summed E-state index contributed by atoms with van der Waals surface area (Å²) in [4.78, 5) is 4.17. The predicted octanol–water partition coefficient (Wildman–Crippen LogP) is 2.29. The highest BCUT2D eigenvalue weighted by atomic mass is 32.1. The van der Waals surface area contributed by atoms with Crippen molar-refractivity contribution in [1.29, 1.82) is 0 Å². The van der Waals surface area contributed by atoms with E-state index in [0.717, 1.165) is 15.8 Å². The monoisotopic (exact) mass is 307 g/mol. The Bertz CT molecular complexity index is 583. The molecule has 21 heavy (non-hydrogen) atoms. The van der Waals surface area contributed by atoms with Crippen molar-refractivity contribution in [3.05, 3.63) is 34.2 Å². The average Bonchev–Trinajstić information content (AvgIpc) is 3.09. The number of hydrogen-bond donors (Lipinski definition) is 2. The van der Waals surface area contributed by atoms with Gasteiger partial charge in [-0.1, -0.05) is 32.1 Å². The largest absolute Gasteiger partial charge is 0.467 e. The van der Waals surface area contributed by atoms with Gasteiger partial charge in [0.15, 0.2) is 5.96 Å². The van der Waals surface area contributed by atoms with Gasteiger partial charge in [0, 0.05) is 12.5 Å². The van der Waals surface area contributed by atoms with Gasteiger partial charge in [0.2, 0.25) is 0 Å². The van der Waals surface area contributed by atoms with Gasteiger partial charge < -0.3 is 15.1 Å². The molecule has 7 heteroatoms. The molecule has 0 aromatic carbocycles. The van der Waals surface area contributed by atoms with Crippen LogP contribution in [-0.2, 0) is 18.5 Å². The zero-order valence-corrected chi connectivity index (χ0v) is 13.6. The fourth-order valence-electron chi connectivity index (χ4n) is 1.59. The third-order valence-electron chi connectivity index (χ3n) is 2.75. The second-order valence-electron chi connectivity index (χ2n) is 5.61. The number of nitrogens with one attached hydrogen (secondary N) is 2. The highest BCUT2D eigenvalue weighted by Gasteiger charge is 2.19. The van der Waals surface area contributed by atoms with Crippen LogP contribution in [0.25, 0.3) is 0 Å². The number of guanidine groups is 1. The molecule has 2 N–H and O–H groups in total. The van der Waals surface area contributed by atoms with Crippen molar-refractivity contribution in [2.45, 2.75) is 39.3 Å². The first-order valence-electron chi connectivity index (χ1n) is 6.79. The zero-order valence-electron chi connectivity index (χ0n) is 12.8. The molecule has 0 spiro atoms. The van der Waals surface area contributed by atoms with Crippen molar-refractivity contribution >= 4 is 17.3 Å². The fourth-order valence-corrected chi connectivity index (χ4v) is 2.43. The Balaban J connectivity index is 1.84. The van der Waals surface area contributed by atoms with Crippen LogP contribution in [0, 0.1) is 0 Å². The van der Waals surface area contributed by atoms with Crippen molar-refractivity contribution in [3.8, 4) is 0 Å². The summed E-state index contributed by atoms with van der Waals surface area (Å²) in [6.45, 7) is 7.60. The molecule has 2 aromatic heterocycles. The van der Waals surface area contributed by atoms with Crippen LogP contribution in [0.3, 0.4) is 0 Å². The lowest BCUT2D eigenvalue weighted by molar-refractivity contribution is 0.501. The minimum absolute atomic E-state index is 0.0368. The maximum absolute atomic E-state index is 5.27. The van der Waals surface area contributed by atoms with Gasteiger partial charge in [0.25, 0.3) is 0 Å². The van der Waals surface area contributed by atoms with Crippen molar-refractivity contribution in [3.63, 3.8) is 0 Å². The Morgan fingerprint density at radius 3 is 2.62 bits per heavy atom. The normalized spacial score (nSPS) is 12.5. The van der Waals surface area contributed by atoms with Gasteiger partial charge in [0.1, 0.15) is 15.8 Å². The summed E-state index contributed by atoms with van der Waals surface area (Å²) >= 11 is 1.62. The highest BCUT2D eigenvalue weighted by Crippen LogP contribution is 2.25. The van der Waals surface area contributed by atoms with Gasteiger partial charge in [-0.05, 0) is 12.1 Å². The van der Waals surface area contributed by atoms with Crippen molar-refractivity contribution in [2.24, 2.45) is 4.99 Å². The Labute approximate surface area is 128 Å². The second-order valence-corrected chi connectivity index (χ2v) is 6.67. The molecule has 2 heterocycles. The number of aliphatic imine (C=N–C) groups is 1.